The lowest BCUT2D eigenvalue weighted by Gasteiger charge is -2.15. The first kappa shape index (κ1) is 18.2. The molecule has 3 N–H and O–H groups in total. The van der Waals surface area contributed by atoms with Gasteiger partial charge in [0.15, 0.2) is 5.82 Å². The maximum Gasteiger partial charge on any atom is 0.248 e. The second kappa shape index (κ2) is 8.70. The van der Waals surface area contributed by atoms with Gasteiger partial charge in [0.05, 0.1) is 0 Å². The molecule has 1 aliphatic carbocycles. The van der Waals surface area contributed by atoms with Crippen LogP contribution in [0.25, 0.3) is 0 Å². The molecule has 1 aromatic carbocycles. The fourth-order valence-corrected chi connectivity index (χ4v) is 3.11. The van der Waals surface area contributed by atoms with Crippen molar-refractivity contribution in [2.75, 3.05) is 17.6 Å². The summed E-state index contributed by atoms with van der Waals surface area (Å²) in [5, 5.41) is 3.31. The second-order valence-corrected chi connectivity index (χ2v) is 7.05. The van der Waals surface area contributed by atoms with Gasteiger partial charge in [0.2, 0.25) is 5.88 Å². The molecule has 5 heteroatoms. The van der Waals surface area contributed by atoms with Crippen molar-refractivity contribution >= 4 is 11.5 Å². The van der Waals surface area contributed by atoms with Gasteiger partial charge in [0.1, 0.15) is 17.8 Å². The minimum Gasteiger partial charge on any atom is -0.437 e. The van der Waals surface area contributed by atoms with Gasteiger partial charge in [0.25, 0.3) is 0 Å². The Bertz CT molecular complexity index is 753. The molecule has 138 valence electrons. The number of aromatic nitrogens is 2. The Morgan fingerprint density at radius 1 is 1.15 bits per heavy atom. The average Bonchev–Trinajstić information content (AvgIpc) is 2.66. The molecule has 26 heavy (non-hydrogen) atoms. The highest BCUT2D eigenvalue weighted by atomic mass is 16.5. The maximum atomic E-state index is 6.20. The van der Waals surface area contributed by atoms with Crippen LogP contribution in [0.5, 0.6) is 11.6 Å². The van der Waals surface area contributed by atoms with E-state index in [0.29, 0.717) is 23.3 Å². The van der Waals surface area contributed by atoms with Gasteiger partial charge >= 0.3 is 0 Å². The minimum atomic E-state index is 0.386. The summed E-state index contributed by atoms with van der Waals surface area (Å²) in [6, 6.07) is 8.02. The van der Waals surface area contributed by atoms with Gasteiger partial charge in [-0.25, -0.2) is 4.98 Å². The van der Waals surface area contributed by atoms with Crippen LogP contribution in [0.4, 0.5) is 11.5 Å². The number of hydrogen-bond donors (Lipinski definition) is 2. The van der Waals surface area contributed by atoms with Gasteiger partial charge < -0.3 is 15.8 Å². The quantitative estimate of drug-likeness (QED) is 0.664. The number of nitrogen functional groups attached to an aromatic ring is 1. The largest absolute Gasteiger partial charge is 0.437 e. The van der Waals surface area contributed by atoms with Crippen LogP contribution in [-0.4, -0.2) is 16.5 Å². The average molecular weight is 352 g/mol. The van der Waals surface area contributed by atoms with E-state index in [9.17, 15) is 0 Å². The molecular formula is C21H28N4O. The summed E-state index contributed by atoms with van der Waals surface area (Å²) in [5.41, 5.74) is 9.44. The van der Waals surface area contributed by atoms with Gasteiger partial charge in [-0.1, -0.05) is 37.6 Å². The highest BCUT2D eigenvalue weighted by molar-refractivity contribution is 5.67. The molecule has 0 amide bonds. The zero-order chi connectivity index (χ0) is 18.4. The second-order valence-electron chi connectivity index (χ2n) is 7.05. The third kappa shape index (κ3) is 4.75. The number of nitrogens with two attached hydrogens (primary N) is 1. The van der Waals surface area contributed by atoms with Crippen molar-refractivity contribution < 1.29 is 4.74 Å². The molecule has 1 heterocycles. The van der Waals surface area contributed by atoms with Crippen molar-refractivity contribution in [1.29, 1.82) is 0 Å². The van der Waals surface area contributed by atoms with E-state index < -0.39 is 0 Å². The first-order valence-corrected chi connectivity index (χ1v) is 9.43. The third-order valence-corrected chi connectivity index (χ3v) is 4.73. The molecule has 0 radical (unpaired) electrons. The smallest absolute Gasteiger partial charge is 0.248 e. The SMILES string of the molecule is CC(C)c1ccc(Oc2ncnc(NCCC3=CCCCC3)c2N)cc1. The van der Waals surface area contributed by atoms with Gasteiger partial charge in [-0.3, -0.25) is 0 Å². The summed E-state index contributed by atoms with van der Waals surface area (Å²) in [7, 11) is 0. The summed E-state index contributed by atoms with van der Waals surface area (Å²) in [6.45, 7) is 5.15. The van der Waals surface area contributed by atoms with Crippen molar-refractivity contribution in [2.45, 2.75) is 51.9 Å². The Balaban J connectivity index is 1.62. The predicted octanol–water partition coefficient (Wildman–Crippen LogP) is 5.28. The normalized spacial score (nSPS) is 14.2. The lowest BCUT2D eigenvalue weighted by atomic mass is 9.97. The topological polar surface area (TPSA) is 73.1 Å². The lowest BCUT2D eigenvalue weighted by Crippen LogP contribution is -2.09. The van der Waals surface area contributed by atoms with E-state index in [1.165, 1.54) is 43.1 Å². The highest BCUT2D eigenvalue weighted by Crippen LogP contribution is 2.30. The predicted molar refractivity (Wildman–Crippen MR) is 107 cm³/mol. The molecule has 0 aliphatic heterocycles. The molecule has 0 unspecified atom stereocenters. The Labute approximate surface area is 155 Å². The van der Waals surface area contributed by atoms with Crippen molar-refractivity contribution in [3.05, 3.63) is 47.8 Å². The van der Waals surface area contributed by atoms with Crippen molar-refractivity contribution in [2.24, 2.45) is 0 Å². The van der Waals surface area contributed by atoms with E-state index in [4.69, 9.17) is 10.5 Å². The number of nitrogens with zero attached hydrogens (tertiary/aromatic N) is 2. The molecule has 0 fully saturated rings. The maximum absolute atomic E-state index is 6.20. The van der Waals surface area contributed by atoms with Crippen molar-refractivity contribution in [3.8, 4) is 11.6 Å². The summed E-state index contributed by atoms with van der Waals surface area (Å²) >= 11 is 0. The Hall–Kier alpha value is -2.56. The molecule has 0 saturated heterocycles. The molecule has 1 aliphatic rings. The third-order valence-electron chi connectivity index (χ3n) is 4.73. The van der Waals surface area contributed by atoms with Crippen LogP contribution < -0.4 is 15.8 Å². The van der Waals surface area contributed by atoms with Gasteiger partial charge in [0, 0.05) is 6.54 Å². The van der Waals surface area contributed by atoms with Gasteiger partial charge in [-0.05, 0) is 55.7 Å². The molecule has 0 spiro atoms. The number of ether oxygens (including phenoxy) is 1. The number of nitrogens with one attached hydrogen (secondary N) is 1. The minimum absolute atomic E-state index is 0.386. The molecule has 1 aromatic heterocycles. The van der Waals surface area contributed by atoms with Crippen molar-refractivity contribution in [3.63, 3.8) is 0 Å². The number of rotatable bonds is 7. The van der Waals surface area contributed by atoms with E-state index in [2.05, 4.69) is 47.3 Å². The molecule has 0 saturated carbocycles. The molecule has 0 bridgehead atoms. The summed E-state index contributed by atoms with van der Waals surface area (Å²) in [6.07, 6.45) is 9.90. The standard InChI is InChI=1S/C21H28N4O/c1-15(2)17-8-10-18(11-9-17)26-21-19(22)20(24-14-25-21)23-13-12-16-6-4-3-5-7-16/h6,8-11,14-15H,3-5,7,12-13,22H2,1-2H3,(H,23,24,25). The first-order chi connectivity index (χ1) is 12.6. The number of benzene rings is 1. The zero-order valence-corrected chi connectivity index (χ0v) is 15.7. The van der Waals surface area contributed by atoms with E-state index in [1.807, 2.05) is 12.1 Å². The van der Waals surface area contributed by atoms with Crippen LogP contribution in [0.1, 0.15) is 57.4 Å². The molecule has 3 rings (SSSR count). The fraction of sp³-hybridized carbons (Fsp3) is 0.429. The Morgan fingerprint density at radius 2 is 1.96 bits per heavy atom. The van der Waals surface area contributed by atoms with Gasteiger partial charge in [-0.2, -0.15) is 4.98 Å². The Kier molecular flexibility index (Phi) is 6.10. The van der Waals surface area contributed by atoms with E-state index in [1.54, 1.807) is 0 Å². The van der Waals surface area contributed by atoms with Gasteiger partial charge in [-0.15, -0.1) is 0 Å². The molecule has 0 atom stereocenters. The molecular weight excluding hydrogens is 324 g/mol. The number of hydrogen-bond acceptors (Lipinski definition) is 5. The monoisotopic (exact) mass is 352 g/mol. The number of allylic oxidation sites excluding steroid dienone is 1. The summed E-state index contributed by atoms with van der Waals surface area (Å²) in [4.78, 5) is 8.43. The molecule has 2 aromatic rings. The lowest BCUT2D eigenvalue weighted by molar-refractivity contribution is 0.464. The summed E-state index contributed by atoms with van der Waals surface area (Å²) < 4.78 is 5.85. The fourth-order valence-electron chi connectivity index (χ4n) is 3.11. The highest BCUT2D eigenvalue weighted by Gasteiger charge is 2.11. The van der Waals surface area contributed by atoms with Crippen LogP contribution in [0, 0.1) is 0 Å². The van der Waals surface area contributed by atoms with Crippen LogP contribution >= 0.6 is 0 Å². The van der Waals surface area contributed by atoms with Crippen LogP contribution in [0.3, 0.4) is 0 Å². The first-order valence-electron chi connectivity index (χ1n) is 9.43. The van der Waals surface area contributed by atoms with Crippen molar-refractivity contribution in [1.82, 2.24) is 9.97 Å². The Morgan fingerprint density at radius 3 is 2.65 bits per heavy atom. The molecule has 5 nitrogen and oxygen atoms in total. The van der Waals surface area contributed by atoms with Crippen LogP contribution in [0.15, 0.2) is 42.2 Å². The van der Waals surface area contributed by atoms with E-state index >= 15 is 0 Å². The zero-order valence-electron chi connectivity index (χ0n) is 15.7. The van der Waals surface area contributed by atoms with E-state index in [-0.39, 0.29) is 0 Å². The van der Waals surface area contributed by atoms with Crippen LogP contribution in [0.2, 0.25) is 0 Å². The van der Waals surface area contributed by atoms with E-state index in [0.717, 1.165) is 18.7 Å². The van der Waals surface area contributed by atoms with Crippen LogP contribution in [-0.2, 0) is 0 Å². The number of anilines is 2. The summed E-state index contributed by atoms with van der Waals surface area (Å²) in [5.74, 6) is 2.23.